The Balaban J connectivity index is 1.32. The summed E-state index contributed by atoms with van der Waals surface area (Å²) in [7, 11) is 0. The second-order valence-electron chi connectivity index (χ2n) is 9.15. The molecule has 1 aliphatic heterocycles. The summed E-state index contributed by atoms with van der Waals surface area (Å²) in [5.74, 6) is 1.98. The molecular formula is C30H32ClN3O. The second kappa shape index (κ2) is 11.1. The molecule has 0 atom stereocenters. The fourth-order valence-corrected chi connectivity index (χ4v) is 4.82. The average Bonchev–Trinajstić information content (AvgIpc) is 3.32. The van der Waals surface area contributed by atoms with E-state index in [4.69, 9.17) is 21.3 Å². The molecule has 0 fully saturated rings. The number of imidazole rings is 1. The van der Waals surface area contributed by atoms with E-state index in [1.54, 1.807) is 0 Å². The SMILES string of the molecule is CCCCc1nc(-c2ccc(OCCc3cccc(Cl)c3)cc2)cn1-c1ccc2c(c1)CNCC2. The Hall–Kier alpha value is -3.08. The first kappa shape index (κ1) is 23.7. The van der Waals surface area contributed by atoms with Crippen molar-refractivity contribution in [3.05, 3.63) is 100 Å². The van der Waals surface area contributed by atoms with Crippen LogP contribution < -0.4 is 10.1 Å². The zero-order chi connectivity index (χ0) is 24.0. The zero-order valence-electron chi connectivity index (χ0n) is 20.3. The van der Waals surface area contributed by atoms with Crippen LogP contribution in [-0.2, 0) is 25.8 Å². The first-order valence-corrected chi connectivity index (χ1v) is 13.0. The van der Waals surface area contributed by atoms with Gasteiger partial charge in [0.2, 0.25) is 0 Å². The number of nitrogens with zero attached hydrogens (tertiary/aromatic N) is 2. The minimum Gasteiger partial charge on any atom is -0.493 e. The molecule has 1 aromatic heterocycles. The van der Waals surface area contributed by atoms with Crippen molar-refractivity contribution in [1.29, 1.82) is 0 Å². The number of nitrogens with one attached hydrogen (secondary N) is 1. The largest absolute Gasteiger partial charge is 0.493 e. The van der Waals surface area contributed by atoms with Crippen LogP contribution in [0, 0.1) is 0 Å². The molecule has 35 heavy (non-hydrogen) atoms. The van der Waals surface area contributed by atoms with E-state index in [1.165, 1.54) is 22.4 Å². The van der Waals surface area contributed by atoms with Crippen LogP contribution in [0.1, 0.15) is 42.3 Å². The summed E-state index contributed by atoms with van der Waals surface area (Å²) in [5, 5.41) is 4.25. The quantitative estimate of drug-likeness (QED) is 0.283. The van der Waals surface area contributed by atoms with Crippen molar-refractivity contribution in [2.45, 2.75) is 45.6 Å². The third-order valence-electron chi connectivity index (χ3n) is 6.59. The number of aromatic nitrogens is 2. The van der Waals surface area contributed by atoms with Gasteiger partial charge in [-0.1, -0.05) is 43.1 Å². The molecule has 1 aliphatic rings. The van der Waals surface area contributed by atoms with Crippen LogP contribution in [0.2, 0.25) is 5.02 Å². The lowest BCUT2D eigenvalue weighted by molar-refractivity contribution is 0.322. The van der Waals surface area contributed by atoms with Gasteiger partial charge in [0.15, 0.2) is 0 Å². The van der Waals surface area contributed by atoms with E-state index in [1.807, 2.05) is 30.3 Å². The van der Waals surface area contributed by atoms with Crippen LogP contribution >= 0.6 is 11.6 Å². The number of halogens is 1. The lowest BCUT2D eigenvalue weighted by Crippen LogP contribution is -2.23. The summed E-state index contributed by atoms with van der Waals surface area (Å²) in [4.78, 5) is 5.04. The third-order valence-corrected chi connectivity index (χ3v) is 6.82. The Kier molecular flexibility index (Phi) is 7.51. The van der Waals surface area contributed by atoms with Gasteiger partial charge in [-0.15, -0.1) is 0 Å². The van der Waals surface area contributed by atoms with Crippen LogP contribution in [0.5, 0.6) is 5.75 Å². The van der Waals surface area contributed by atoms with Gasteiger partial charge in [-0.2, -0.15) is 0 Å². The third kappa shape index (κ3) is 5.77. The molecule has 4 aromatic rings. The van der Waals surface area contributed by atoms with Crippen molar-refractivity contribution in [1.82, 2.24) is 14.9 Å². The molecule has 4 nitrogen and oxygen atoms in total. The van der Waals surface area contributed by atoms with Crippen LogP contribution in [0.25, 0.3) is 16.9 Å². The molecule has 0 radical (unpaired) electrons. The number of aryl methyl sites for hydroxylation is 1. The Morgan fingerprint density at radius 3 is 2.71 bits per heavy atom. The lowest BCUT2D eigenvalue weighted by Gasteiger charge is -2.18. The highest BCUT2D eigenvalue weighted by atomic mass is 35.5. The monoisotopic (exact) mass is 485 g/mol. The van der Waals surface area contributed by atoms with Crippen LogP contribution in [0.4, 0.5) is 0 Å². The van der Waals surface area contributed by atoms with Crippen molar-refractivity contribution >= 4 is 11.6 Å². The van der Waals surface area contributed by atoms with Gasteiger partial charge in [0.1, 0.15) is 11.6 Å². The molecule has 0 amide bonds. The van der Waals surface area contributed by atoms with E-state index in [2.05, 4.69) is 59.4 Å². The van der Waals surface area contributed by atoms with Gasteiger partial charge in [-0.05, 0) is 84.6 Å². The van der Waals surface area contributed by atoms with Crippen molar-refractivity contribution < 1.29 is 4.74 Å². The van der Waals surface area contributed by atoms with Crippen molar-refractivity contribution in [2.75, 3.05) is 13.2 Å². The average molecular weight is 486 g/mol. The fourth-order valence-electron chi connectivity index (χ4n) is 4.61. The van der Waals surface area contributed by atoms with Gasteiger partial charge < -0.3 is 14.6 Å². The number of hydrogen-bond acceptors (Lipinski definition) is 3. The topological polar surface area (TPSA) is 39.1 Å². The molecule has 5 heteroatoms. The summed E-state index contributed by atoms with van der Waals surface area (Å²) >= 11 is 6.08. The highest BCUT2D eigenvalue weighted by molar-refractivity contribution is 6.30. The molecule has 0 spiro atoms. The van der Waals surface area contributed by atoms with E-state index in [9.17, 15) is 0 Å². The second-order valence-corrected chi connectivity index (χ2v) is 9.58. The molecule has 180 valence electrons. The maximum Gasteiger partial charge on any atom is 0.119 e. The highest BCUT2D eigenvalue weighted by Gasteiger charge is 2.14. The van der Waals surface area contributed by atoms with Gasteiger partial charge >= 0.3 is 0 Å². The Morgan fingerprint density at radius 1 is 1.00 bits per heavy atom. The first-order chi connectivity index (χ1) is 17.2. The Morgan fingerprint density at radius 2 is 1.89 bits per heavy atom. The van der Waals surface area contributed by atoms with Gasteiger partial charge in [0.25, 0.3) is 0 Å². The molecular weight excluding hydrogens is 454 g/mol. The summed E-state index contributed by atoms with van der Waals surface area (Å²) in [5.41, 5.74) is 7.31. The number of ether oxygens (including phenoxy) is 1. The summed E-state index contributed by atoms with van der Waals surface area (Å²) in [6, 6.07) is 23.0. The van der Waals surface area contributed by atoms with Crippen molar-refractivity contribution in [3.8, 4) is 22.7 Å². The first-order valence-electron chi connectivity index (χ1n) is 12.6. The van der Waals surface area contributed by atoms with Crippen LogP contribution in [-0.4, -0.2) is 22.7 Å². The van der Waals surface area contributed by atoms with E-state index in [-0.39, 0.29) is 0 Å². The summed E-state index contributed by atoms with van der Waals surface area (Å²) < 4.78 is 8.24. The normalized spacial score (nSPS) is 13.0. The fraction of sp³-hybridized carbons (Fsp3) is 0.300. The molecule has 0 bridgehead atoms. The van der Waals surface area contributed by atoms with E-state index >= 15 is 0 Å². The molecule has 5 rings (SSSR count). The van der Waals surface area contributed by atoms with Gasteiger partial charge in [0.05, 0.1) is 12.3 Å². The smallest absolute Gasteiger partial charge is 0.119 e. The molecule has 0 saturated carbocycles. The van der Waals surface area contributed by atoms with Crippen molar-refractivity contribution in [3.63, 3.8) is 0 Å². The van der Waals surface area contributed by atoms with Gasteiger partial charge in [0, 0.05) is 41.9 Å². The highest BCUT2D eigenvalue weighted by Crippen LogP contribution is 2.26. The van der Waals surface area contributed by atoms with Crippen LogP contribution in [0.15, 0.2) is 72.9 Å². The van der Waals surface area contributed by atoms with Crippen molar-refractivity contribution in [2.24, 2.45) is 0 Å². The Labute approximate surface area is 212 Å². The molecule has 0 unspecified atom stereocenters. The Bertz CT molecular complexity index is 1280. The predicted molar refractivity (Wildman–Crippen MR) is 144 cm³/mol. The minimum atomic E-state index is 0.614. The molecule has 0 saturated heterocycles. The van der Waals surface area contributed by atoms with Crippen LogP contribution in [0.3, 0.4) is 0 Å². The van der Waals surface area contributed by atoms with E-state index in [0.717, 1.165) is 73.0 Å². The lowest BCUT2D eigenvalue weighted by atomic mass is 10.0. The molecule has 1 N–H and O–H groups in total. The number of benzene rings is 3. The molecule has 0 aliphatic carbocycles. The van der Waals surface area contributed by atoms with Gasteiger partial charge in [-0.3, -0.25) is 0 Å². The summed E-state index contributed by atoms with van der Waals surface area (Å²) in [6.07, 6.45) is 7.35. The molecule has 2 heterocycles. The maximum absolute atomic E-state index is 6.08. The minimum absolute atomic E-state index is 0.614. The number of fused-ring (bicyclic) bond motifs is 1. The standard InChI is InChI=1S/C30H32ClN3O/c1-2-3-7-30-33-29(21-34(30)27-11-8-23-14-16-32-20-25(23)19-27)24-9-12-28(13-10-24)35-17-15-22-5-4-6-26(31)18-22/h4-6,8-13,18-19,21,32H,2-3,7,14-17,20H2,1H3. The summed E-state index contributed by atoms with van der Waals surface area (Å²) in [6.45, 7) is 4.84. The van der Waals surface area contributed by atoms with E-state index < -0.39 is 0 Å². The molecule has 3 aromatic carbocycles. The van der Waals surface area contributed by atoms with E-state index in [0.29, 0.717) is 6.61 Å². The predicted octanol–water partition coefficient (Wildman–Crippen LogP) is 6.80. The number of hydrogen-bond donors (Lipinski definition) is 1. The maximum atomic E-state index is 6.08. The zero-order valence-corrected chi connectivity index (χ0v) is 21.0. The number of rotatable bonds is 9. The van der Waals surface area contributed by atoms with Gasteiger partial charge in [-0.25, -0.2) is 4.98 Å². The number of unbranched alkanes of at least 4 members (excludes halogenated alkanes) is 1.